The fraction of sp³-hybridized carbons (Fsp3) is 0. The third kappa shape index (κ3) is 3.42. The molecule has 0 radical (unpaired) electrons. The first-order valence-corrected chi connectivity index (χ1v) is 9.24. The zero-order chi connectivity index (χ0) is 21.1. The summed E-state index contributed by atoms with van der Waals surface area (Å²) in [7, 11) is 0. The highest BCUT2D eigenvalue weighted by atomic mass is 16.6. The van der Waals surface area contributed by atoms with Crippen LogP contribution in [-0.4, -0.2) is 9.85 Å². The van der Waals surface area contributed by atoms with Crippen LogP contribution in [0.25, 0.3) is 33.4 Å². The van der Waals surface area contributed by atoms with E-state index in [1.807, 2.05) is 66.7 Å². The van der Waals surface area contributed by atoms with Crippen LogP contribution in [0.2, 0.25) is 0 Å². The van der Waals surface area contributed by atoms with Crippen LogP contribution in [0.4, 0.5) is 11.4 Å². The second-order valence-corrected chi connectivity index (χ2v) is 6.64. The molecule has 6 nitrogen and oxygen atoms in total. The van der Waals surface area contributed by atoms with Crippen LogP contribution in [0.15, 0.2) is 97.1 Å². The molecule has 0 heterocycles. The lowest BCUT2D eigenvalue weighted by Gasteiger charge is -2.15. The average Bonchev–Trinajstić information content (AvgIpc) is 2.79. The van der Waals surface area contributed by atoms with E-state index in [1.54, 1.807) is 12.1 Å². The predicted octanol–water partition coefficient (Wildman–Crippen LogP) is 6.50. The van der Waals surface area contributed by atoms with Crippen molar-refractivity contribution in [2.45, 2.75) is 0 Å². The van der Waals surface area contributed by atoms with Gasteiger partial charge in [-0.1, -0.05) is 78.9 Å². The molecule has 0 aliphatic heterocycles. The molecule has 0 bridgehead atoms. The van der Waals surface area contributed by atoms with Crippen LogP contribution in [0, 0.1) is 20.2 Å². The molecule has 0 amide bonds. The fourth-order valence-corrected chi connectivity index (χ4v) is 3.63. The van der Waals surface area contributed by atoms with Crippen molar-refractivity contribution in [3.63, 3.8) is 0 Å². The number of benzene rings is 4. The molecule has 4 rings (SSSR count). The third-order valence-electron chi connectivity index (χ3n) is 4.91. The van der Waals surface area contributed by atoms with Gasteiger partial charge in [-0.15, -0.1) is 0 Å². The molecule has 0 spiro atoms. The van der Waals surface area contributed by atoms with Crippen molar-refractivity contribution in [3.8, 4) is 33.4 Å². The fourth-order valence-electron chi connectivity index (χ4n) is 3.63. The summed E-state index contributed by atoms with van der Waals surface area (Å²) in [6, 6.07) is 28.4. The summed E-state index contributed by atoms with van der Waals surface area (Å²) in [5, 5.41) is 23.4. The molecule has 0 saturated heterocycles. The zero-order valence-corrected chi connectivity index (χ0v) is 15.8. The van der Waals surface area contributed by atoms with Crippen LogP contribution in [0.1, 0.15) is 0 Å². The van der Waals surface area contributed by atoms with Crippen molar-refractivity contribution in [3.05, 3.63) is 117 Å². The number of rotatable bonds is 5. The van der Waals surface area contributed by atoms with Crippen molar-refractivity contribution in [2.24, 2.45) is 0 Å². The lowest BCUT2D eigenvalue weighted by molar-refractivity contribution is -0.392. The SMILES string of the molecule is O=[N+]([O-])c1cccc([N+](=O)[O-])c1-c1ccccc1-c1ccccc1-c1ccccc1. The Balaban J connectivity index is 2.04. The van der Waals surface area contributed by atoms with Crippen molar-refractivity contribution in [2.75, 3.05) is 0 Å². The summed E-state index contributed by atoms with van der Waals surface area (Å²) in [6.07, 6.45) is 0. The summed E-state index contributed by atoms with van der Waals surface area (Å²) >= 11 is 0. The Bertz CT molecular complexity index is 1220. The summed E-state index contributed by atoms with van der Waals surface area (Å²) < 4.78 is 0. The molecule has 0 aromatic heterocycles. The van der Waals surface area contributed by atoms with E-state index in [1.165, 1.54) is 18.2 Å². The number of hydrogen-bond acceptors (Lipinski definition) is 4. The summed E-state index contributed by atoms with van der Waals surface area (Å²) in [6.45, 7) is 0. The van der Waals surface area contributed by atoms with Gasteiger partial charge in [0.15, 0.2) is 0 Å². The van der Waals surface area contributed by atoms with Gasteiger partial charge in [0.25, 0.3) is 11.4 Å². The minimum absolute atomic E-state index is 0.00552. The van der Waals surface area contributed by atoms with Gasteiger partial charge in [0.2, 0.25) is 0 Å². The highest BCUT2D eigenvalue weighted by Gasteiger charge is 2.28. The molecule has 0 N–H and O–H groups in total. The Morgan fingerprint density at radius 2 is 0.900 bits per heavy atom. The first-order valence-electron chi connectivity index (χ1n) is 9.24. The zero-order valence-electron chi connectivity index (χ0n) is 15.8. The van der Waals surface area contributed by atoms with Crippen molar-refractivity contribution >= 4 is 11.4 Å². The largest absolute Gasteiger partial charge is 0.284 e. The lowest BCUT2D eigenvalue weighted by atomic mass is 9.88. The minimum atomic E-state index is -0.581. The molecule has 30 heavy (non-hydrogen) atoms. The molecule has 4 aromatic rings. The standard InChI is InChI=1S/C24H16N2O4/c27-25(28)22-15-8-16-23(26(29)30)24(22)21-14-7-6-13-20(21)19-12-5-4-11-18(19)17-9-2-1-3-10-17/h1-16H. The maximum atomic E-state index is 11.7. The van der Waals surface area contributed by atoms with E-state index in [0.29, 0.717) is 11.1 Å². The van der Waals surface area contributed by atoms with Gasteiger partial charge in [0, 0.05) is 17.7 Å². The summed E-state index contributed by atoms with van der Waals surface area (Å²) in [5.74, 6) is 0. The van der Waals surface area contributed by atoms with Crippen molar-refractivity contribution in [1.29, 1.82) is 0 Å². The number of nitrogens with zero attached hydrogens (tertiary/aromatic N) is 2. The second-order valence-electron chi connectivity index (χ2n) is 6.64. The normalized spacial score (nSPS) is 10.5. The Morgan fingerprint density at radius 3 is 1.43 bits per heavy atom. The maximum Gasteiger partial charge on any atom is 0.284 e. The monoisotopic (exact) mass is 396 g/mol. The van der Waals surface area contributed by atoms with Crippen LogP contribution in [-0.2, 0) is 0 Å². The first-order chi connectivity index (χ1) is 14.6. The number of nitro groups is 2. The van der Waals surface area contributed by atoms with E-state index in [0.717, 1.165) is 16.7 Å². The first kappa shape index (κ1) is 19.0. The number of nitro benzene ring substituents is 2. The Labute approximate surface area is 172 Å². The van der Waals surface area contributed by atoms with E-state index in [-0.39, 0.29) is 16.9 Å². The average molecular weight is 396 g/mol. The molecule has 0 saturated carbocycles. The number of hydrogen-bond donors (Lipinski definition) is 0. The maximum absolute atomic E-state index is 11.7. The van der Waals surface area contributed by atoms with Crippen LogP contribution in [0.3, 0.4) is 0 Å². The van der Waals surface area contributed by atoms with Crippen molar-refractivity contribution in [1.82, 2.24) is 0 Å². The Hall–Kier alpha value is -4.32. The highest BCUT2D eigenvalue weighted by molar-refractivity contribution is 5.96. The molecule has 0 aliphatic carbocycles. The van der Waals surface area contributed by atoms with Gasteiger partial charge in [-0.05, 0) is 28.3 Å². The Morgan fingerprint density at radius 1 is 0.467 bits per heavy atom. The Kier molecular flexibility index (Phi) is 5.05. The van der Waals surface area contributed by atoms with Crippen LogP contribution < -0.4 is 0 Å². The molecule has 0 fully saturated rings. The molecule has 146 valence electrons. The van der Waals surface area contributed by atoms with Crippen LogP contribution in [0.5, 0.6) is 0 Å². The van der Waals surface area contributed by atoms with E-state index in [9.17, 15) is 20.2 Å². The van der Waals surface area contributed by atoms with Gasteiger partial charge in [-0.3, -0.25) is 20.2 Å². The second kappa shape index (κ2) is 7.97. The predicted molar refractivity (Wildman–Crippen MR) is 116 cm³/mol. The quantitative estimate of drug-likeness (QED) is 0.284. The summed E-state index contributed by atoms with van der Waals surface area (Å²) in [5.41, 5.74) is 3.31. The van der Waals surface area contributed by atoms with Gasteiger partial charge >= 0.3 is 0 Å². The van der Waals surface area contributed by atoms with E-state index >= 15 is 0 Å². The van der Waals surface area contributed by atoms with Crippen LogP contribution >= 0.6 is 0 Å². The van der Waals surface area contributed by atoms with E-state index < -0.39 is 9.85 Å². The van der Waals surface area contributed by atoms with Gasteiger partial charge in [0.1, 0.15) is 5.56 Å². The molecule has 0 atom stereocenters. The minimum Gasteiger partial charge on any atom is -0.258 e. The van der Waals surface area contributed by atoms with Gasteiger partial charge in [-0.2, -0.15) is 0 Å². The molecule has 0 aliphatic rings. The molecular formula is C24H16N2O4. The highest BCUT2D eigenvalue weighted by Crippen LogP contribution is 2.44. The summed E-state index contributed by atoms with van der Waals surface area (Å²) in [4.78, 5) is 22.2. The van der Waals surface area contributed by atoms with Gasteiger partial charge in [0.05, 0.1) is 9.85 Å². The molecule has 6 heteroatoms. The van der Waals surface area contributed by atoms with Gasteiger partial charge in [-0.25, -0.2) is 0 Å². The molecule has 0 unspecified atom stereocenters. The smallest absolute Gasteiger partial charge is 0.258 e. The lowest BCUT2D eigenvalue weighted by Crippen LogP contribution is -1.99. The van der Waals surface area contributed by atoms with Crippen molar-refractivity contribution < 1.29 is 9.85 Å². The molecular weight excluding hydrogens is 380 g/mol. The van der Waals surface area contributed by atoms with Gasteiger partial charge < -0.3 is 0 Å². The van der Waals surface area contributed by atoms with E-state index in [4.69, 9.17) is 0 Å². The third-order valence-corrected chi connectivity index (χ3v) is 4.91. The van der Waals surface area contributed by atoms with E-state index in [2.05, 4.69) is 0 Å². The molecule has 4 aromatic carbocycles. The topological polar surface area (TPSA) is 86.3 Å².